The van der Waals surface area contributed by atoms with E-state index < -0.39 is 0 Å². The lowest BCUT2D eigenvalue weighted by atomic mass is 10.1. The van der Waals surface area contributed by atoms with Gasteiger partial charge in [-0.3, -0.25) is 0 Å². The highest BCUT2D eigenvalue weighted by molar-refractivity contribution is 5.56. The van der Waals surface area contributed by atoms with Crippen molar-refractivity contribution in [3.8, 4) is 29.0 Å². The number of unbranched alkanes of at least 4 members (excludes halogenated alkanes) is 11. The van der Waals surface area contributed by atoms with Gasteiger partial charge in [0, 0.05) is 24.4 Å². The molecule has 3 heteroatoms. The lowest BCUT2D eigenvalue weighted by Crippen LogP contribution is -1.97. The van der Waals surface area contributed by atoms with Gasteiger partial charge in [0.25, 0.3) is 0 Å². The minimum Gasteiger partial charge on any atom is -0.494 e. The van der Waals surface area contributed by atoms with Gasteiger partial charge in [-0.2, -0.15) is 0 Å². The third-order valence-corrected chi connectivity index (χ3v) is 5.42. The van der Waals surface area contributed by atoms with Gasteiger partial charge in [-0.05, 0) is 37.1 Å². The first-order valence-corrected chi connectivity index (χ1v) is 12.4. The summed E-state index contributed by atoms with van der Waals surface area (Å²) in [6.45, 7) is 5.28. The van der Waals surface area contributed by atoms with Gasteiger partial charge in [0.1, 0.15) is 5.75 Å². The first kappa shape index (κ1) is 24.9. The van der Waals surface area contributed by atoms with E-state index in [0.29, 0.717) is 0 Å². The van der Waals surface area contributed by atoms with Crippen molar-refractivity contribution in [1.82, 2.24) is 9.97 Å². The predicted octanol–water partition coefficient (Wildman–Crippen LogP) is 7.99. The SMILES string of the molecule is CCCCCCCCC#Cc1cnc(-c2ccc(OCCCCCCCC)cc2)nc1. The van der Waals surface area contributed by atoms with Crippen molar-refractivity contribution in [1.29, 1.82) is 0 Å². The maximum Gasteiger partial charge on any atom is 0.159 e. The van der Waals surface area contributed by atoms with Crippen molar-refractivity contribution in [2.45, 2.75) is 97.3 Å². The molecule has 2 aromatic rings. The Labute approximate surface area is 190 Å². The third-order valence-electron chi connectivity index (χ3n) is 5.42. The monoisotopic (exact) mass is 420 g/mol. The molecule has 0 saturated carbocycles. The molecule has 0 aliphatic carbocycles. The maximum atomic E-state index is 5.85. The van der Waals surface area contributed by atoms with E-state index in [2.05, 4.69) is 35.7 Å². The number of nitrogens with zero attached hydrogens (tertiary/aromatic N) is 2. The number of rotatable bonds is 15. The Morgan fingerprint density at radius 2 is 1.29 bits per heavy atom. The van der Waals surface area contributed by atoms with Crippen molar-refractivity contribution >= 4 is 0 Å². The van der Waals surface area contributed by atoms with Crippen LogP contribution in [0.2, 0.25) is 0 Å². The summed E-state index contributed by atoms with van der Waals surface area (Å²) in [6, 6.07) is 8.06. The van der Waals surface area contributed by atoms with Crippen molar-refractivity contribution in [2.24, 2.45) is 0 Å². The Morgan fingerprint density at radius 3 is 1.94 bits per heavy atom. The van der Waals surface area contributed by atoms with Crippen molar-refractivity contribution in [2.75, 3.05) is 6.61 Å². The standard InChI is InChI=1S/C28H40N2O/c1-3-5-7-9-11-12-13-15-17-25-23-29-28(30-24-25)26-18-20-27(21-19-26)31-22-16-14-10-8-6-4-2/h18-21,23-24H,3-14,16,22H2,1-2H3. The Bertz CT molecular complexity index is 756. The molecule has 0 aliphatic rings. The van der Waals surface area contributed by atoms with E-state index in [4.69, 9.17) is 4.74 Å². The molecule has 0 radical (unpaired) electrons. The van der Waals surface area contributed by atoms with Gasteiger partial charge in [-0.1, -0.05) is 89.9 Å². The van der Waals surface area contributed by atoms with Gasteiger partial charge in [-0.15, -0.1) is 0 Å². The number of hydrogen-bond acceptors (Lipinski definition) is 3. The van der Waals surface area contributed by atoms with Crippen molar-refractivity contribution in [3.63, 3.8) is 0 Å². The molecule has 0 amide bonds. The van der Waals surface area contributed by atoms with Crippen LogP contribution in [0.4, 0.5) is 0 Å². The Morgan fingerprint density at radius 1 is 0.710 bits per heavy atom. The molecule has 0 fully saturated rings. The fourth-order valence-corrected chi connectivity index (χ4v) is 3.47. The molecule has 3 nitrogen and oxygen atoms in total. The van der Waals surface area contributed by atoms with Crippen LogP contribution < -0.4 is 4.74 Å². The Balaban J connectivity index is 1.69. The van der Waals surface area contributed by atoms with Crippen LogP contribution >= 0.6 is 0 Å². The molecule has 0 spiro atoms. The van der Waals surface area contributed by atoms with Gasteiger partial charge in [-0.25, -0.2) is 9.97 Å². The van der Waals surface area contributed by atoms with Gasteiger partial charge in [0.05, 0.1) is 12.2 Å². The topological polar surface area (TPSA) is 35.0 Å². The summed E-state index contributed by atoms with van der Waals surface area (Å²) in [6.07, 6.45) is 20.1. The molecule has 31 heavy (non-hydrogen) atoms. The molecule has 1 aromatic heterocycles. The molecule has 0 bridgehead atoms. The average Bonchev–Trinajstić information content (AvgIpc) is 2.81. The highest BCUT2D eigenvalue weighted by Gasteiger charge is 2.02. The van der Waals surface area contributed by atoms with Crippen LogP contribution in [0.3, 0.4) is 0 Å². The average molecular weight is 421 g/mol. The number of hydrogen-bond donors (Lipinski definition) is 0. The van der Waals surface area contributed by atoms with Crippen LogP contribution in [0.25, 0.3) is 11.4 Å². The van der Waals surface area contributed by atoms with Crippen molar-refractivity contribution in [3.05, 3.63) is 42.2 Å². The number of ether oxygens (including phenoxy) is 1. The van der Waals surface area contributed by atoms with Crippen LogP contribution in [0.5, 0.6) is 5.75 Å². The molecule has 0 saturated heterocycles. The molecule has 0 aliphatic heterocycles. The smallest absolute Gasteiger partial charge is 0.159 e. The number of aromatic nitrogens is 2. The fraction of sp³-hybridized carbons (Fsp3) is 0.571. The minimum atomic E-state index is 0.726. The molecule has 0 N–H and O–H groups in total. The quantitative estimate of drug-likeness (QED) is 0.216. The van der Waals surface area contributed by atoms with Gasteiger partial charge in [0.15, 0.2) is 5.82 Å². The van der Waals surface area contributed by atoms with Crippen LogP contribution in [0.1, 0.15) is 103 Å². The first-order valence-electron chi connectivity index (χ1n) is 12.4. The van der Waals surface area contributed by atoms with Gasteiger partial charge >= 0.3 is 0 Å². The third kappa shape index (κ3) is 11.0. The Hall–Kier alpha value is -2.34. The van der Waals surface area contributed by atoms with E-state index >= 15 is 0 Å². The summed E-state index contributed by atoms with van der Waals surface area (Å²) in [7, 11) is 0. The van der Waals surface area contributed by atoms with E-state index in [0.717, 1.165) is 42.1 Å². The highest BCUT2D eigenvalue weighted by Crippen LogP contribution is 2.19. The molecule has 2 rings (SSSR count). The largest absolute Gasteiger partial charge is 0.494 e. The molecule has 0 atom stereocenters. The van der Waals surface area contributed by atoms with E-state index in [-0.39, 0.29) is 0 Å². The fourth-order valence-electron chi connectivity index (χ4n) is 3.47. The molecular weight excluding hydrogens is 380 g/mol. The summed E-state index contributed by atoms with van der Waals surface area (Å²) >= 11 is 0. The van der Waals surface area contributed by atoms with Gasteiger partial charge in [0.2, 0.25) is 0 Å². The zero-order valence-electron chi connectivity index (χ0n) is 19.7. The summed E-state index contributed by atoms with van der Waals surface area (Å²) in [5.74, 6) is 8.07. The second-order valence-corrected chi connectivity index (χ2v) is 8.26. The molecule has 1 aromatic carbocycles. The first-order chi connectivity index (χ1) is 15.3. The minimum absolute atomic E-state index is 0.726. The van der Waals surface area contributed by atoms with E-state index in [9.17, 15) is 0 Å². The predicted molar refractivity (Wildman–Crippen MR) is 131 cm³/mol. The summed E-state index contributed by atoms with van der Waals surface area (Å²) in [4.78, 5) is 8.97. The lowest BCUT2D eigenvalue weighted by molar-refractivity contribution is 0.304. The number of benzene rings is 1. The lowest BCUT2D eigenvalue weighted by Gasteiger charge is -2.07. The van der Waals surface area contributed by atoms with E-state index in [1.807, 2.05) is 36.7 Å². The Kier molecular flexibility index (Phi) is 13.2. The molecule has 168 valence electrons. The van der Waals surface area contributed by atoms with Crippen LogP contribution in [0.15, 0.2) is 36.7 Å². The highest BCUT2D eigenvalue weighted by atomic mass is 16.5. The molecule has 1 heterocycles. The van der Waals surface area contributed by atoms with E-state index in [1.54, 1.807) is 0 Å². The maximum absolute atomic E-state index is 5.85. The van der Waals surface area contributed by atoms with Gasteiger partial charge < -0.3 is 4.74 Å². The van der Waals surface area contributed by atoms with Crippen LogP contribution in [-0.2, 0) is 0 Å². The summed E-state index contributed by atoms with van der Waals surface area (Å²) in [5, 5.41) is 0. The zero-order chi connectivity index (χ0) is 22.0. The summed E-state index contributed by atoms with van der Waals surface area (Å²) < 4.78 is 5.85. The zero-order valence-corrected chi connectivity index (χ0v) is 19.7. The normalized spacial score (nSPS) is 10.5. The van der Waals surface area contributed by atoms with E-state index in [1.165, 1.54) is 70.6 Å². The van der Waals surface area contributed by atoms with Crippen LogP contribution in [0, 0.1) is 11.8 Å². The second-order valence-electron chi connectivity index (χ2n) is 8.26. The molecule has 0 unspecified atom stereocenters. The summed E-state index contributed by atoms with van der Waals surface area (Å²) in [5.41, 5.74) is 1.88. The second kappa shape index (κ2) is 16.4. The molecular formula is C28H40N2O. The van der Waals surface area contributed by atoms with Crippen LogP contribution in [-0.4, -0.2) is 16.6 Å². The van der Waals surface area contributed by atoms with Crippen molar-refractivity contribution < 1.29 is 4.74 Å².